The van der Waals surface area contributed by atoms with Crippen molar-refractivity contribution in [2.75, 3.05) is 44.2 Å². The minimum Gasteiger partial charge on any atom is -0.419 e. The first-order valence-electron chi connectivity index (χ1n) is 11.6. The lowest BCUT2D eigenvalue weighted by Gasteiger charge is -2.34. The Labute approximate surface area is 200 Å². The average molecular weight is 478 g/mol. The maximum atomic E-state index is 12.8. The molecule has 5 rings (SSSR count). The van der Waals surface area contributed by atoms with Crippen molar-refractivity contribution in [2.24, 2.45) is 0 Å². The number of rotatable bonds is 6. The molecule has 3 aromatic rings. The van der Waals surface area contributed by atoms with E-state index in [9.17, 15) is 13.7 Å². The first kappa shape index (κ1) is 22.6. The fourth-order valence-corrected chi connectivity index (χ4v) is 6.04. The normalized spacial score (nSPS) is 17.7. The zero-order valence-corrected chi connectivity index (χ0v) is 19.7. The highest BCUT2D eigenvalue weighted by molar-refractivity contribution is 7.89. The summed E-state index contributed by atoms with van der Waals surface area (Å²) in [4.78, 5) is 9.09. The molecule has 1 aromatic heterocycles. The van der Waals surface area contributed by atoms with Gasteiger partial charge < -0.3 is 9.32 Å². The highest BCUT2D eigenvalue weighted by Gasteiger charge is 2.28. The molecule has 0 atom stereocenters. The van der Waals surface area contributed by atoms with Crippen molar-refractivity contribution in [1.82, 2.24) is 14.2 Å². The second-order valence-corrected chi connectivity index (χ2v) is 10.6. The van der Waals surface area contributed by atoms with Gasteiger partial charge in [0.2, 0.25) is 27.5 Å². The van der Waals surface area contributed by atoms with E-state index in [1.54, 1.807) is 24.3 Å². The van der Waals surface area contributed by atoms with Crippen LogP contribution in [0, 0.1) is 11.3 Å². The Morgan fingerprint density at radius 3 is 2.24 bits per heavy atom. The van der Waals surface area contributed by atoms with Gasteiger partial charge in [-0.2, -0.15) is 14.6 Å². The fourth-order valence-electron chi connectivity index (χ4n) is 4.52. The number of nitrogens with zero attached hydrogens (tertiary/aromatic N) is 5. The summed E-state index contributed by atoms with van der Waals surface area (Å²) in [5.41, 5.74) is 2.18. The van der Waals surface area contributed by atoms with Crippen LogP contribution in [-0.4, -0.2) is 61.9 Å². The van der Waals surface area contributed by atoms with Gasteiger partial charge in [0.05, 0.1) is 4.90 Å². The molecule has 3 heterocycles. The van der Waals surface area contributed by atoms with E-state index in [2.05, 4.69) is 45.1 Å². The first-order chi connectivity index (χ1) is 16.5. The molecule has 0 bridgehead atoms. The van der Waals surface area contributed by atoms with Gasteiger partial charge in [0, 0.05) is 51.4 Å². The summed E-state index contributed by atoms with van der Waals surface area (Å²) in [5, 5.41) is 9.63. The number of hydrogen-bond donors (Lipinski definition) is 0. The fraction of sp³-hybridized carbons (Fsp3) is 0.360. The highest BCUT2D eigenvalue weighted by Crippen LogP contribution is 2.30. The maximum absolute atomic E-state index is 12.8. The molecule has 176 valence electrons. The van der Waals surface area contributed by atoms with Crippen molar-refractivity contribution in [3.63, 3.8) is 0 Å². The van der Waals surface area contributed by atoms with Crippen LogP contribution in [0.15, 0.2) is 63.9 Å². The van der Waals surface area contributed by atoms with Crippen molar-refractivity contribution in [2.45, 2.75) is 24.3 Å². The molecule has 0 amide bonds. The van der Waals surface area contributed by atoms with Gasteiger partial charge in [-0.25, -0.2) is 8.42 Å². The van der Waals surface area contributed by atoms with Crippen molar-refractivity contribution < 1.29 is 12.8 Å². The molecule has 2 aliphatic heterocycles. The Hall–Kier alpha value is -3.19. The molecule has 8 nitrogen and oxygen atoms in total. The van der Waals surface area contributed by atoms with E-state index < -0.39 is 10.0 Å². The van der Waals surface area contributed by atoms with Gasteiger partial charge in [0.25, 0.3) is 0 Å². The molecule has 0 unspecified atom stereocenters. The molecular weight excluding hydrogens is 450 g/mol. The molecule has 2 aromatic carbocycles. The monoisotopic (exact) mass is 477 g/mol. The topological polar surface area (TPSA) is 93.7 Å². The average Bonchev–Trinajstić information content (AvgIpc) is 3.56. The molecule has 0 saturated carbocycles. The second kappa shape index (κ2) is 9.58. The van der Waals surface area contributed by atoms with E-state index >= 15 is 0 Å². The summed E-state index contributed by atoms with van der Waals surface area (Å²) in [6.45, 7) is 5.23. The Morgan fingerprint density at radius 2 is 1.59 bits per heavy atom. The largest absolute Gasteiger partial charge is 0.419 e. The Kier molecular flexibility index (Phi) is 6.37. The summed E-state index contributed by atoms with van der Waals surface area (Å²) in [5.74, 6) is 0.800. The van der Waals surface area contributed by atoms with Gasteiger partial charge in [0.1, 0.15) is 6.07 Å². The van der Waals surface area contributed by atoms with E-state index in [1.165, 1.54) is 9.87 Å². The van der Waals surface area contributed by atoms with Crippen LogP contribution in [0.2, 0.25) is 0 Å². The van der Waals surface area contributed by atoms with Crippen molar-refractivity contribution in [3.8, 4) is 17.5 Å². The van der Waals surface area contributed by atoms with E-state index in [-0.39, 0.29) is 10.6 Å². The number of anilines is 1. The van der Waals surface area contributed by atoms with Crippen LogP contribution in [0.1, 0.15) is 24.1 Å². The number of sulfonamides is 1. The van der Waals surface area contributed by atoms with Gasteiger partial charge in [0.15, 0.2) is 0 Å². The van der Waals surface area contributed by atoms with Crippen LogP contribution in [0.5, 0.6) is 0 Å². The predicted molar refractivity (Wildman–Crippen MR) is 129 cm³/mol. The minimum atomic E-state index is -3.47. The number of oxazole rings is 1. The van der Waals surface area contributed by atoms with Gasteiger partial charge in [-0.15, -0.1) is 0 Å². The summed E-state index contributed by atoms with van der Waals surface area (Å²) < 4.78 is 33.1. The van der Waals surface area contributed by atoms with Crippen LogP contribution in [0.3, 0.4) is 0 Å². The third-order valence-corrected chi connectivity index (χ3v) is 8.34. The second-order valence-electron chi connectivity index (χ2n) is 8.67. The first-order valence-corrected chi connectivity index (χ1v) is 13.0. The molecule has 0 aliphatic carbocycles. The van der Waals surface area contributed by atoms with Crippen LogP contribution in [0.25, 0.3) is 11.5 Å². The standard InChI is InChI=1S/C25H27N5O3S/c26-18-23-25(29-16-14-28(15-17-29)19-20-6-2-1-3-7-20)33-24(27-23)21-8-10-22(11-9-21)34(31,32)30-12-4-5-13-30/h1-3,6-11H,4-5,12-17,19H2. The van der Waals surface area contributed by atoms with Crippen molar-refractivity contribution >= 4 is 15.9 Å². The van der Waals surface area contributed by atoms with Crippen LogP contribution >= 0.6 is 0 Å². The number of benzene rings is 2. The maximum Gasteiger partial charge on any atom is 0.243 e. The van der Waals surface area contributed by atoms with E-state index in [1.807, 2.05) is 6.07 Å². The number of piperazine rings is 1. The molecule has 2 fully saturated rings. The third-order valence-electron chi connectivity index (χ3n) is 6.43. The Morgan fingerprint density at radius 1 is 0.912 bits per heavy atom. The molecule has 0 spiro atoms. The minimum absolute atomic E-state index is 0.250. The molecular formula is C25H27N5O3S. The molecule has 0 N–H and O–H groups in total. The summed E-state index contributed by atoms with van der Waals surface area (Å²) in [6, 6.07) is 19.1. The quantitative estimate of drug-likeness (QED) is 0.538. The van der Waals surface area contributed by atoms with E-state index in [0.717, 1.165) is 45.6 Å². The van der Waals surface area contributed by atoms with E-state index in [4.69, 9.17) is 4.42 Å². The van der Waals surface area contributed by atoms with Gasteiger partial charge in [-0.1, -0.05) is 30.3 Å². The van der Waals surface area contributed by atoms with Crippen LogP contribution in [0.4, 0.5) is 5.88 Å². The number of hydrogen-bond acceptors (Lipinski definition) is 7. The lowest BCUT2D eigenvalue weighted by molar-refractivity contribution is 0.246. The zero-order chi connectivity index (χ0) is 23.5. The molecule has 2 aliphatic rings. The van der Waals surface area contributed by atoms with Gasteiger partial charge in [-0.3, -0.25) is 4.90 Å². The van der Waals surface area contributed by atoms with Gasteiger partial charge in [-0.05, 0) is 42.7 Å². The lowest BCUT2D eigenvalue weighted by atomic mass is 10.2. The third kappa shape index (κ3) is 4.57. The van der Waals surface area contributed by atoms with E-state index in [0.29, 0.717) is 30.4 Å². The van der Waals surface area contributed by atoms with Crippen molar-refractivity contribution in [1.29, 1.82) is 5.26 Å². The zero-order valence-electron chi connectivity index (χ0n) is 18.9. The molecule has 2 saturated heterocycles. The highest BCUT2D eigenvalue weighted by atomic mass is 32.2. The van der Waals surface area contributed by atoms with Gasteiger partial charge >= 0.3 is 0 Å². The summed E-state index contributed by atoms with van der Waals surface area (Å²) in [6.07, 6.45) is 1.79. The van der Waals surface area contributed by atoms with Crippen LogP contribution in [-0.2, 0) is 16.6 Å². The SMILES string of the molecule is N#Cc1nc(-c2ccc(S(=O)(=O)N3CCCC3)cc2)oc1N1CCN(Cc2ccccc2)CC1. The molecule has 9 heteroatoms. The Bertz CT molecular complexity index is 1270. The van der Waals surface area contributed by atoms with Crippen molar-refractivity contribution in [3.05, 3.63) is 65.9 Å². The summed E-state index contributed by atoms with van der Waals surface area (Å²) >= 11 is 0. The summed E-state index contributed by atoms with van der Waals surface area (Å²) in [7, 11) is -3.47. The molecule has 34 heavy (non-hydrogen) atoms. The van der Waals surface area contributed by atoms with Crippen LogP contribution < -0.4 is 4.90 Å². The lowest BCUT2D eigenvalue weighted by Crippen LogP contribution is -2.46. The predicted octanol–water partition coefficient (Wildman–Crippen LogP) is 3.32. The smallest absolute Gasteiger partial charge is 0.243 e. The number of aromatic nitrogens is 1. The number of nitriles is 1. The molecule has 0 radical (unpaired) electrons. The Balaban J connectivity index is 1.29.